The van der Waals surface area contributed by atoms with Gasteiger partial charge >= 0.3 is 0 Å². The third-order valence-electron chi connectivity index (χ3n) is 2.73. The summed E-state index contributed by atoms with van der Waals surface area (Å²) in [4.78, 5) is 19.6. The van der Waals surface area contributed by atoms with Crippen LogP contribution in [0, 0.1) is 0 Å². The molecule has 0 fully saturated rings. The predicted octanol–water partition coefficient (Wildman–Crippen LogP) is 1.12. The van der Waals surface area contributed by atoms with Gasteiger partial charge in [-0.3, -0.25) is 10.2 Å². The van der Waals surface area contributed by atoms with E-state index in [1.807, 2.05) is 36.6 Å². The first-order chi connectivity index (χ1) is 10.2. The first-order valence-electron chi connectivity index (χ1n) is 6.53. The van der Waals surface area contributed by atoms with Crippen molar-refractivity contribution < 1.29 is 9.53 Å². The highest BCUT2D eigenvalue weighted by Gasteiger charge is 2.13. The number of hydrogen-bond donors (Lipinski definition) is 3. The van der Waals surface area contributed by atoms with Gasteiger partial charge in [-0.05, 0) is 24.6 Å². The topological polar surface area (TPSA) is 116 Å². The molecule has 7 heteroatoms. The second-order valence-electron chi connectivity index (χ2n) is 4.31. The number of anilines is 1. The highest BCUT2D eigenvalue weighted by molar-refractivity contribution is 5.93. The minimum absolute atomic E-state index is 0.00334. The summed E-state index contributed by atoms with van der Waals surface area (Å²) >= 11 is 0. The first kappa shape index (κ1) is 14.7. The Morgan fingerprint density at radius 2 is 2.10 bits per heavy atom. The Labute approximate surface area is 122 Å². The van der Waals surface area contributed by atoms with Crippen molar-refractivity contribution >= 4 is 11.9 Å². The molecular weight excluding hydrogens is 270 g/mol. The van der Waals surface area contributed by atoms with E-state index in [2.05, 4.69) is 9.97 Å². The molecule has 0 atom stereocenters. The van der Waals surface area contributed by atoms with Crippen LogP contribution in [0.2, 0.25) is 0 Å². The number of carbonyl (C=O) groups is 1. The zero-order valence-electron chi connectivity index (χ0n) is 11.7. The molecule has 1 heterocycles. The number of nitrogens with one attached hydrogen (secondary N) is 1. The van der Waals surface area contributed by atoms with Gasteiger partial charge in [-0.15, -0.1) is 0 Å². The summed E-state index contributed by atoms with van der Waals surface area (Å²) < 4.78 is 5.68. The monoisotopic (exact) mass is 287 g/mol. The van der Waals surface area contributed by atoms with E-state index in [1.54, 1.807) is 0 Å². The van der Waals surface area contributed by atoms with Crippen LogP contribution in [0.4, 0.5) is 5.95 Å². The molecule has 0 aliphatic rings. The van der Waals surface area contributed by atoms with Gasteiger partial charge in [-0.1, -0.05) is 19.1 Å². The summed E-state index contributed by atoms with van der Waals surface area (Å²) in [6, 6.07) is 8.93. The Morgan fingerprint density at radius 3 is 2.81 bits per heavy atom. The van der Waals surface area contributed by atoms with Crippen molar-refractivity contribution in [3.63, 3.8) is 0 Å². The van der Waals surface area contributed by atoms with Crippen molar-refractivity contribution in [2.24, 2.45) is 5.84 Å². The molecule has 21 heavy (non-hydrogen) atoms. The molecule has 0 bridgehead atoms. The quantitative estimate of drug-likeness (QED) is 0.431. The molecule has 110 valence electrons. The molecule has 1 aromatic heterocycles. The maximum absolute atomic E-state index is 11.6. The van der Waals surface area contributed by atoms with Crippen molar-refractivity contribution in [3.8, 4) is 17.0 Å². The lowest BCUT2D eigenvalue weighted by Gasteiger charge is -2.11. The van der Waals surface area contributed by atoms with Gasteiger partial charge in [0.1, 0.15) is 11.4 Å². The van der Waals surface area contributed by atoms with Crippen LogP contribution in [0.1, 0.15) is 23.8 Å². The standard InChI is InChI=1S/C14H17N5O2/c1-2-7-21-12-6-4-3-5-9(12)10-8-11(13(20)19-16)18-14(15)17-10/h3-6,8H,2,7,16H2,1H3,(H,19,20)(H2,15,17,18). The molecule has 0 radical (unpaired) electrons. The molecular formula is C14H17N5O2. The third-order valence-corrected chi connectivity index (χ3v) is 2.73. The average molecular weight is 287 g/mol. The average Bonchev–Trinajstić information content (AvgIpc) is 2.51. The first-order valence-corrected chi connectivity index (χ1v) is 6.53. The van der Waals surface area contributed by atoms with Gasteiger partial charge in [0.2, 0.25) is 5.95 Å². The number of aromatic nitrogens is 2. The van der Waals surface area contributed by atoms with Gasteiger partial charge in [0, 0.05) is 5.56 Å². The number of hydrogen-bond acceptors (Lipinski definition) is 6. The Morgan fingerprint density at radius 1 is 1.33 bits per heavy atom. The molecule has 0 spiro atoms. The minimum atomic E-state index is -0.530. The SMILES string of the molecule is CCCOc1ccccc1-c1cc(C(=O)NN)nc(N)n1. The molecule has 0 saturated carbocycles. The number of hydrazine groups is 1. The normalized spacial score (nSPS) is 10.2. The molecule has 0 unspecified atom stereocenters. The highest BCUT2D eigenvalue weighted by atomic mass is 16.5. The summed E-state index contributed by atoms with van der Waals surface area (Å²) in [5, 5.41) is 0. The summed E-state index contributed by atoms with van der Waals surface area (Å²) in [6.45, 7) is 2.61. The Kier molecular flexibility index (Phi) is 4.68. The largest absolute Gasteiger partial charge is 0.493 e. The van der Waals surface area contributed by atoms with Crippen LogP contribution in [0.3, 0.4) is 0 Å². The van der Waals surface area contributed by atoms with Crippen LogP contribution in [0.15, 0.2) is 30.3 Å². The van der Waals surface area contributed by atoms with Crippen molar-refractivity contribution in [1.82, 2.24) is 15.4 Å². The maximum atomic E-state index is 11.6. The molecule has 2 rings (SSSR count). The number of benzene rings is 1. The third kappa shape index (κ3) is 3.46. The molecule has 0 aliphatic heterocycles. The molecule has 0 aliphatic carbocycles. The lowest BCUT2D eigenvalue weighted by atomic mass is 10.1. The van der Waals surface area contributed by atoms with E-state index in [0.717, 1.165) is 12.0 Å². The van der Waals surface area contributed by atoms with Crippen molar-refractivity contribution in [1.29, 1.82) is 0 Å². The van der Waals surface area contributed by atoms with E-state index in [-0.39, 0.29) is 11.6 Å². The minimum Gasteiger partial charge on any atom is -0.493 e. The fraction of sp³-hybridized carbons (Fsp3) is 0.214. The number of carbonyl (C=O) groups excluding carboxylic acids is 1. The van der Waals surface area contributed by atoms with Crippen LogP contribution < -0.4 is 21.7 Å². The number of nitrogens with zero attached hydrogens (tertiary/aromatic N) is 2. The Bertz CT molecular complexity index is 645. The number of rotatable bonds is 5. The Hall–Kier alpha value is -2.67. The summed E-state index contributed by atoms with van der Waals surface area (Å²) in [6.07, 6.45) is 0.890. The Balaban J connectivity index is 2.46. The van der Waals surface area contributed by atoms with Gasteiger partial charge in [-0.2, -0.15) is 0 Å². The number of ether oxygens (including phenoxy) is 1. The van der Waals surface area contributed by atoms with E-state index in [9.17, 15) is 4.79 Å². The van der Waals surface area contributed by atoms with Gasteiger partial charge in [0.15, 0.2) is 0 Å². The molecule has 1 amide bonds. The fourth-order valence-corrected chi connectivity index (χ4v) is 1.81. The van der Waals surface area contributed by atoms with Crippen LogP contribution in [0.5, 0.6) is 5.75 Å². The smallest absolute Gasteiger partial charge is 0.283 e. The number of nitrogen functional groups attached to an aromatic ring is 2. The molecule has 7 nitrogen and oxygen atoms in total. The van der Waals surface area contributed by atoms with Crippen LogP contribution in [-0.2, 0) is 0 Å². The van der Waals surface area contributed by atoms with Gasteiger partial charge in [0.25, 0.3) is 5.91 Å². The molecule has 1 aromatic carbocycles. The lowest BCUT2D eigenvalue weighted by molar-refractivity contribution is 0.0948. The van der Waals surface area contributed by atoms with Crippen molar-refractivity contribution in [2.45, 2.75) is 13.3 Å². The van der Waals surface area contributed by atoms with E-state index in [0.29, 0.717) is 18.1 Å². The van der Waals surface area contributed by atoms with Gasteiger partial charge in [-0.25, -0.2) is 15.8 Å². The van der Waals surface area contributed by atoms with E-state index in [1.165, 1.54) is 6.07 Å². The summed E-state index contributed by atoms with van der Waals surface area (Å²) in [5.74, 6) is 5.26. The summed E-state index contributed by atoms with van der Waals surface area (Å²) in [5.41, 5.74) is 9.03. The van der Waals surface area contributed by atoms with Crippen LogP contribution in [-0.4, -0.2) is 22.5 Å². The zero-order chi connectivity index (χ0) is 15.2. The van der Waals surface area contributed by atoms with Crippen LogP contribution >= 0.6 is 0 Å². The second kappa shape index (κ2) is 6.67. The van der Waals surface area contributed by atoms with Crippen LogP contribution in [0.25, 0.3) is 11.3 Å². The number of para-hydroxylation sites is 1. The molecule has 0 saturated heterocycles. The van der Waals surface area contributed by atoms with Crippen molar-refractivity contribution in [2.75, 3.05) is 12.3 Å². The van der Waals surface area contributed by atoms with Gasteiger partial charge in [0.05, 0.1) is 12.3 Å². The van der Waals surface area contributed by atoms with E-state index < -0.39 is 5.91 Å². The maximum Gasteiger partial charge on any atom is 0.283 e. The van der Waals surface area contributed by atoms with E-state index >= 15 is 0 Å². The fourth-order valence-electron chi connectivity index (χ4n) is 1.81. The number of nitrogens with two attached hydrogens (primary N) is 2. The lowest BCUT2D eigenvalue weighted by Crippen LogP contribution is -2.31. The number of amides is 1. The second-order valence-corrected chi connectivity index (χ2v) is 4.31. The van der Waals surface area contributed by atoms with E-state index in [4.69, 9.17) is 16.3 Å². The molecule has 5 N–H and O–H groups in total. The highest BCUT2D eigenvalue weighted by Crippen LogP contribution is 2.29. The summed E-state index contributed by atoms with van der Waals surface area (Å²) in [7, 11) is 0. The zero-order valence-corrected chi connectivity index (χ0v) is 11.7. The predicted molar refractivity (Wildman–Crippen MR) is 79.3 cm³/mol. The molecule has 2 aromatic rings. The van der Waals surface area contributed by atoms with Crippen molar-refractivity contribution in [3.05, 3.63) is 36.0 Å². The van der Waals surface area contributed by atoms with Gasteiger partial charge < -0.3 is 10.5 Å².